The summed E-state index contributed by atoms with van der Waals surface area (Å²) in [6.45, 7) is 0.673. The molecule has 22 heavy (non-hydrogen) atoms. The van der Waals surface area contributed by atoms with Gasteiger partial charge in [0, 0.05) is 5.56 Å². The SMILES string of the molecule is Fc1ccccc1Cn1ncc(OCc2ccccc2)c1Cl. The Bertz CT molecular complexity index is 758. The molecular weight excluding hydrogens is 303 g/mol. The van der Waals surface area contributed by atoms with Gasteiger partial charge in [-0.2, -0.15) is 5.10 Å². The number of halogens is 2. The maximum absolute atomic E-state index is 13.7. The second-order valence-corrected chi connectivity index (χ2v) is 5.18. The van der Waals surface area contributed by atoms with Crippen LogP contribution in [0.3, 0.4) is 0 Å². The van der Waals surface area contributed by atoms with Gasteiger partial charge in [0.25, 0.3) is 0 Å². The predicted molar refractivity (Wildman–Crippen MR) is 83.5 cm³/mol. The van der Waals surface area contributed by atoms with E-state index in [1.807, 2.05) is 30.3 Å². The van der Waals surface area contributed by atoms with Gasteiger partial charge >= 0.3 is 0 Å². The van der Waals surface area contributed by atoms with Crippen molar-refractivity contribution in [1.29, 1.82) is 0 Å². The molecule has 0 aliphatic rings. The van der Waals surface area contributed by atoms with Crippen LogP contribution in [-0.4, -0.2) is 9.78 Å². The molecule has 1 aromatic heterocycles. The Labute approximate surface area is 132 Å². The molecule has 0 spiro atoms. The minimum Gasteiger partial charge on any atom is -0.484 e. The van der Waals surface area contributed by atoms with E-state index in [1.165, 1.54) is 10.7 Å². The number of aromatic nitrogens is 2. The Morgan fingerprint density at radius 3 is 2.55 bits per heavy atom. The summed E-state index contributed by atoms with van der Waals surface area (Å²) in [6.07, 6.45) is 1.55. The van der Waals surface area contributed by atoms with Crippen LogP contribution < -0.4 is 4.74 Å². The fourth-order valence-electron chi connectivity index (χ4n) is 2.08. The summed E-state index contributed by atoms with van der Waals surface area (Å²) < 4.78 is 20.8. The lowest BCUT2D eigenvalue weighted by molar-refractivity contribution is 0.306. The molecule has 5 heteroatoms. The van der Waals surface area contributed by atoms with Crippen LogP contribution in [0.5, 0.6) is 5.75 Å². The zero-order valence-electron chi connectivity index (χ0n) is 11.7. The Morgan fingerprint density at radius 2 is 1.77 bits per heavy atom. The lowest BCUT2D eigenvalue weighted by Crippen LogP contribution is -2.03. The van der Waals surface area contributed by atoms with Crippen LogP contribution >= 0.6 is 11.6 Å². The molecule has 0 atom stereocenters. The Kier molecular flexibility index (Phi) is 4.39. The third kappa shape index (κ3) is 3.28. The molecule has 0 unspecified atom stereocenters. The van der Waals surface area contributed by atoms with Crippen molar-refractivity contribution in [2.75, 3.05) is 0 Å². The van der Waals surface area contributed by atoms with Crippen LogP contribution in [0.25, 0.3) is 0 Å². The highest BCUT2D eigenvalue weighted by Crippen LogP contribution is 2.25. The first-order valence-corrected chi connectivity index (χ1v) is 7.23. The van der Waals surface area contributed by atoms with Crippen LogP contribution in [0.1, 0.15) is 11.1 Å². The van der Waals surface area contributed by atoms with E-state index in [0.29, 0.717) is 23.1 Å². The molecule has 2 aromatic carbocycles. The number of benzene rings is 2. The van der Waals surface area contributed by atoms with E-state index in [4.69, 9.17) is 16.3 Å². The first-order valence-electron chi connectivity index (χ1n) is 6.85. The van der Waals surface area contributed by atoms with E-state index < -0.39 is 0 Å². The molecule has 112 valence electrons. The number of ether oxygens (including phenoxy) is 1. The molecule has 0 N–H and O–H groups in total. The Balaban J connectivity index is 1.71. The topological polar surface area (TPSA) is 27.1 Å². The summed E-state index contributed by atoms with van der Waals surface area (Å²) in [4.78, 5) is 0. The highest BCUT2D eigenvalue weighted by atomic mass is 35.5. The van der Waals surface area contributed by atoms with Crippen LogP contribution in [0.2, 0.25) is 5.15 Å². The van der Waals surface area contributed by atoms with Gasteiger partial charge < -0.3 is 4.74 Å². The van der Waals surface area contributed by atoms with E-state index in [2.05, 4.69) is 5.10 Å². The van der Waals surface area contributed by atoms with Gasteiger partial charge in [-0.1, -0.05) is 60.1 Å². The van der Waals surface area contributed by atoms with Crippen molar-refractivity contribution in [3.63, 3.8) is 0 Å². The average Bonchev–Trinajstić information content (AvgIpc) is 2.89. The fraction of sp³-hybridized carbons (Fsp3) is 0.118. The van der Waals surface area contributed by atoms with Crippen LogP contribution in [0.4, 0.5) is 4.39 Å². The van der Waals surface area contributed by atoms with Crippen molar-refractivity contribution in [3.05, 3.63) is 82.9 Å². The standard InChI is InChI=1S/C17H14ClFN2O/c18-17-16(22-12-13-6-2-1-3-7-13)10-20-21(17)11-14-8-4-5-9-15(14)19/h1-10H,11-12H2. The molecule has 0 aliphatic carbocycles. The van der Waals surface area contributed by atoms with Crippen LogP contribution in [0.15, 0.2) is 60.8 Å². The summed E-state index contributed by atoms with van der Waals surface area (Å²) in [5.41, 5.74) is 1.57. The fourth-order valence-corrected chi connectivity index (χ4v) is 2.29. The summed E-state index contributed by atoms with van der Waals surface area (Å²) in [5, 5.41) is 4.52. The molecule has 1 heterocycles. The zero-order valence-corrected chi connectivity index (χ0v) is 12.5. The van der Waals surface area contributed by atoms with Gasteiger partial charge in [-0.25, -0.2) is 9.07 Å². The van der Waals surface area contributed by atoms with E-state index in [1.54, 1.807) is 24.4 Å². The molecule has 3 nitrogen and oxygen atoms in total. The van der Waals surface area contributed by atoms with E-state index in [0.717, 1.165) is 5.56 Å². The van der Waals surface area contributed by atoms with Crippen LogP contribution in [-0.2, 0) is 13.2 Å². The molecule has 0 radical (unpaired) electrons. The van der Waals surface area contributed by atoms with Crippen molar-refractivity contribution < 1.29 is 9.13 Å². The van der Waals surface area contributed by atoms with Gasteiger partial charge in [0.1, 0.15) is 12.4 Å². The van der Waals surface area contributed by atoms with Gasteiger partial charge in [0.2, 0.25) is 0 Å². The van der Waals surface area contributed by atoms with Gasteiger partial charge in [-0.05, 0) is 11.6 Å². The summed E-state index contributed by atoms with van der Waals surface area (Å²) >= 11 is 6.25. The molecule has 0 amide bonds. The highest BCUT2D eigenvalue weighted by Gasteiger charge is 2.12. The smallest absolute Gasteiger partial charge is 0.176 e. The third-order valence-corrected chi connectivity index (χ3v) is 3.64. The maximum atomic E-state index is 13.7. The van der Waals surface area contributed by atoms with Crippen molar-refractivity contribution in [2.45, 2.75) is 13.2 Å². The first-order chi connectivity index (χ1) is 10.7. The summed E-state index contributed by atoms with van der Waals surface area (Å²) in [6, 6.07) is 16.3. The quantitative estimate of drug-likeness (QED) is 0.701. The summed E-state index contributed by atoms with van der Waals surface area (Å²) in [7, 11) is 0. The first kappa shape index (κ1) is 14.6. The Morgan fingerprint density at radius 1 is 1.05 bits per heavy atom. The largest absolute Gasteiger partial charge is 0.484 e. The van der Waals surface area contributed by atoms with Crippen molar-refractivity contribution in [1.82, 2.24) is 9.78 Å². The normalized spacial score (nSPS) is 10.6. The monoisotopic (exact) mass is 316 g/mol. The second kappa shape index (κ2) is 6.62. The zero-order chi connectivity index (χ0) is 15.4. The van der Waals surface area contributed by atoms with Crippen molar-refractivity contribution in [2.24, 2.45) is 0 Å². The average molecular weight is 317 g/mol. The number of hydrogen-bond acceptors (Lipinski definition) is 2. The van der Waals surface area contributed by atoms with Crippen molar-refractivity contribution in [3.8, 4) is 5.75 Å². The van der Waals surface area contributed by atoms with Gasteiger partial charge in [0.05, 0.1) is 12.7 Å². The molecule has 3 aromatic rings. The number of hydrogen-bond donors (Lipinski definition) is 0. The molecule has 0 saturated carbocycles. The van der Waals surface area contributed by atoms with Crippen LogP contribution in [0, 0.1) is 5.82 Å². The molecule has 3 rings (SSSR count). The van der Waals surface area contributed by atoms with Gasteiger partial charge in [-0.15, -0.1) is 0 Å². The number of nitrogens with zero attached hydrogens (tertiary/aromatic N) is 2. The second-order valence-electron chi connectivity index (χ2n) is 4.82. The minimum atomic E-state index is -0.277. The Hall–Kier alpha value is -2.33. The maximum Gasteiger partial charge on any atom is 0.176 e. The van der Waals surface area contributed by atoms with E-state index >= 15 is 0 Å². The molecule has 0 bridgehead atoms. The molecule has 0 aliphatic heterocycles. The molecule has 0 fully saturated rings. The van der Waals surface area contributed by atoms with Gasteiger partial charge in [0.15, 0.2) is 10.9 Å². The highest BCUT2D eigenvalue weighted by molar-refractivity contribution is 6.31. The van der Waals surface area contributed by atoms with Crippen molar-refractivity contribution >= 4 is 11.6 Å². The van der Waals surface area contributed by atoms with E-state index in [-0.39, 0.29) is 12.4 Å². The minimum absolute atomic E-state index is 0.264. The van der Waals surface area contributed by atoms with E-state index in [9.17, 15) is 4.39 Å². The lowest BCUT2D eigenvalue weighted by Gasteiger charge is -2.06. The third-order valence-electron chi connectivity index (χ3n) is 3.26. The molecule has 0 saturated heterocycles. The number of rotatable bonds is 5. The summed E-state index contributed by atoms with van der Waals surface area (Å²) in [5.74, 6) is 0.211. The van der Waals surface area contributed by atoms with Gasteiger partial charge in [-0.3, -0.25) is 0 Å². The lowest BCUT2D eigenvalue weighted by atomic mass is 10.2. The molecular formula is C17H14ClFN2O. The predicted octanol–water partition coefficient (Wildman–Crippen LogP) is 4.30.